The Balaban J connectivity index is 3.76. The molecule has 4 heteroatoms. The van der Waals surface area contributed by atoms with Crippen LogP contribution < -0.4 is 5.32 Å². The topological polar surface area (TPSA) is 69.6 Å². The van der Waals surface area contributed by atoms with Crippen molar-refractivity contribution in [2.75, 3.05) is 6.61 Å². The van der Waals surface area contributed by atoms with E-state index in [1.54, 1.807) is 6.08 Å². The van der Waals surface area contributed by atoms with Crippen molar-refractivity contribution in [2.45, 2.75) is 64.5 Å². The molecule has 0 aliphatic carbocycles. The summed E-state index contributed by atoms with van der Waals surface area (Å²) in [5, 5.41) is 21.3. The molecule has 0 aromatic rings. The summed E-state index contributed by atoms with van der Waals surface area (Å²) in [6, 6.07) is -0.612. The van der Waals surface area contributed by atoms with Crippen LogP contribution in [0.2, 0.25) is 0 Å². The Morgan fingerprint density at radius 3 is 2.50 bits per heavy atom. The second-order valence-corrected chi connectivity index (χ2v) is 4.61. The summed E-state index contributed by atoms with van der Waals surface area (Å²) in [5.41, 5.74) is 0. The molecule has 1 amide bonds. The smallest absolute Gasteiger partial charge is 0.217 e. The van der Waals surface area contributed by atoms with E-state index in [0.29, 0.717) is 0 Å². The molecule has 0 heterocycles. The third kappa shape index (κ3) is 9.19. The van der Waals surface area contributed by atoms with Gasteiger partial charge >= 0.3 is 0 Å². The minimum Gasteiger partial charge on any atom is -0.394 e. The van der Waals surface area contributed by atoms with Gasteiger partial charge in [-0.05, 0) is 12.8 Å². The van der Waals surface area contributed by atoms with E-state index in [-0.39, 0.29) is 12.5 Å². The molecule has 0 saturated heterocycles. The van der Waals surface area contributed by atoms with Crippen molar-refractivity contribution in [3.05, 3.63) is 12.2 Å². The molecule has 0 rings (SSSR count). The SMILES string of the molecule is CCCCCCC/C=C/[C@H](O)[C@H](CO)NC(C)=O. The first kappa shape index (κ1) is 17.1. The molecule has 106 valence electrons. The number of allylic oxidation sites excluding steroid dienone is 1. The van der Waals surface area contributed by atoms with Gasteiger partial charge in [-0.3, -0.25) is 4.79 Å². The Bertz CT molecular complexity index is 241. The fraction of sp³-hybridized carbons (Fsp3) is 0.786. The standard InChI is InChI=1S/C14H27NO3/c1-3-4-5-6-7-8-9-10-14(18)13(11-16)15-12(2)17/h9-10,13-14,16,18H,3-8,11H2,1-2H3,(H,15,17)/b10-9+/t13-,14-/m0/s1. The van der Waals surface area contributed by atoms with Gasteiger partial charge in [0.25, 0.3) is 0 Å². The number of hydrogen-bond acceptors (Lipinski definition) is 3. The lowest BCUT2D eigenvalue weighted by Gasteiger charge is -2.18. The van der Waals surface area contributed by atoms with Crippen LogP contribution in [-0.4, -0.2) is 34.9 Å². The third-order valence-electron chi connectivity index (χ3n) is 2.81. The number of unbranched alkanes of at least 4 members (excludes halogenated alkanes) is 5. The summed E-state index contributed by atoms with van der Waals surface area (Å²) < 4.78 is 0. The Hall–Kier alpha value is -0.870. The number of nitrogens with one attached hydrogen (secondary N) is 1. The van der Waals surface area contributed by atoms with E-state index in [9.17, 15) is 9.90 Å². The summed E-state index contributed by atoms with van der Waals surface area (Å²) in [4.78, 5) is 10.8. The summed E-state index contributed by atoms with van der Waals surface area (Å²) in [5.74, 6) is -0.249. The second kappa shape index (κ2) is 11.2. The maximum absolute atomic E-state index is 10.8. The van der Waals surface area contributed by atoms with E-state index >= 15 is 0 Å². The van der Waals surface area contributed by atoms with Crippen molar-refractivity contribution in [3.63, 3.8) is 0 Å². The zero-order valence-electron chi connectivity index (χ0n) is 11.6. The average molecular weight is 257 g/mol. The maximum atomic E-state index is 10.8. The first-order valence-corrected chi connectivity index (χ1v) is 6.84. The van der Waals surface area contributed by atoms with Crippen molar-refractivity contribution >= 4 is 5.91 Å². The van der Waals surface area contributed by atoms with Crippen molar-refractivity contribution in [1.82, 2.24) is 5.32 Å². The molecule has 0 aliphatic rings. The van der Waals surface area contributed by atoms with Crippen LogP contribution in [0.5, 0.6) is 0 Å². The van der Waals surface area contributed by atoms with Crippen molar-refractivity contribution in [1.29, 1.82) is 0 Å². The summed E-state index contributed by atoms with van der Waals surface area (Å²) in [6.07, 6.45) is 9.78. The highest BCUT2D eigenvalue weighted by Crippen LogP contribution is 2.06. The van der Waals surface area contributed by atoms with Crippen molar-refractivity contribution < 1.29 is 15.0 Å². The fourth-order valence-electron chi connectivity index (χ4n) is 1.74. The highest BCUT2D eigenvalue weighted by atomic mass is 16.3. The molecule has 0 aliphatic heterocycles. The van der Waals surface area contributed by atoms with Crippen molar-refractivity contribution in [2.24, 2.45) is 0 Å². The van der Waals surface area contributed by atoms with Crippen LogP contribution in [0.3, 0.4) is 0 Å². The van der Waals surface area contributed by atoms with Gasteiger partial charge in [-0.15, -0.1) is 0 Å². The molecule has 18 heavy (non-hydrogen) atoms. The molecular weight excluding hydrogens is 230 g/mol. The zero-order chi connectivity index (χ0) is 13.8. The highest BCUT2D eigenvalue weighted by molar-refractivity contribution is 5.73. The molecule has 4 nitrogen and oxygen atoms in total. The lowest BCUT2D eigenvalue weighted by atomic mass is 10.1. The molecule has 0 spiro atoms. The summed E-state index contributed by atoms with van der Waals surface area (Å²) in [7, 11) is 0. The minimum absolute atomic E-state index is 0.249. The first-order chi connectivity index (χ1) is 8.61. The number of amides is 1. The molecule has 2 atom stereocenters. The summed E-state index contributed by atoms with van der Waals surface area (Å²) >= 11 is 0. The van der Waals surface area contributed by atoms with Crippen molar-refractivity contribution in [3.8, 4) is 0 Å². The minimum atomic E-state index is -0.824. The monoisotopic (exact) mass is 257 g/mol. The van der Waals surface area contributed by atoms with Crippen LogP contribution in [0.1, 0.15) is 52.4 Å². The molecule has 0 bridgehead atoms. The van der Waals surface area contributed by atoms with Crippen LogP contribution in [0.15, 0.2) is 12.2 Å². The molecule has 0 aromatic heterocycles. The van der Waals surface area contributed by atoms with Gasteiger partial charge in [-0.25, -0.2) is 0 Å². The van der Waals surface area contributed by atoms with Gasteiger partial charge in [-0.1, -0.05) is 44.8 Å². The lowest BCUT2D eigenvalue weighted by Crippen LogP contribution is -2.44. The Morgan fingerprint density at radius 2 is 1.94 bits per heavy atom. The van der Waals surface area contributed by atoms with E-state index < -0.39 is 12.1 Å². The maximum Gasteiger partial charge on any atom is 0.217 e. The van der Waals surface area contributed by atoms with E-state index in [1.165, 1.54) is 32.6 Å². The molecule has 0 aromatic carbocycles. The number of aliphatic hydroxyl groups is 2. The van der Waals surface area contributed by atoms with Crippen LogP contribution in [0, 0.1) is 0 Å². The predicted molar refractivity (Wildman–Crippen MR) is 73.2 cm³/mol. The van der Waals surface area contributed by atoms with E-state index in [2.05, 4.69) is 12.2 Å². The normalized spacial score (nSPS) is 14.7. The van der Waals surface area contributed by atoms with Gasteiger partial charge in [-0.2, -0.15) is 0 Å². The Kier molecular flexibility index (Phi) is 10.7. The summed E-state index contributed by atoms with van der Waals surface area (Å²) in [6.45, 7) is 3.29. The lowest BCUT2D eigenvalue weighted by molar-refractivity contribution is -0.120. The average Bonchev–Trinajstić information content (AvgIpc) is 2.34. The predicted octanol–water partition coefficient (Wildman–Crippen LogP) is 1.76. The van der Waals surface area contributed by atoms with E-state index in [1.807, 2.05) is 6.08 Å². The largest absolute Gasteiger partial charge is 0.394 e. The van der Waals surface area contributed by atoms with E-state index in [0.717, 1.165) is 12.8 Å². The number of carbonyl (C=O) groups excluding carboxylic acids is 1. The molecule has 0 fully saturated rings. The quantitative estimate of drug-likeness (QED) is 0.412. The van der Waals surface area contributed by atoms with Gasteiger partial charge in [0.1, 0.15) is 0 Å². The number of carbonyl (C=O) groups is 1. The molecule has 0 saturated carbocycles. The van der Waals surface area contributed by atoms with Crippen LogP contribution in [-0.2, 0) is 4.79 Å². The van der Waals surface area contributed by atoms with Crippen LogP contribution in [0.25, 0.3) is 0 Å². The number of aliphatic hydroxyl groups excluding tert-OH is 2. The van der Waals surface area contributed by atoms with Gasteiger partial charge in [0.2, 0.25) is 5.91 Å². The molecule has 3 N–H and O–H groups in total. The van der Waals surface area contributed by atoms with Crippen LogP contribution >= 0.6 is 0 Å². The van der Waals surface area contributed by atoms with E-state index in [4.69, 9.17) is 5.11 Å². The first-order valence-electron chi connectivity index (χ1n) is 6.84. The Labute approximate surface area is 110 Å². The second-order valence-electron chi connectivity index (χ2n) is 4.61. The number of hydrogen-bond donors (Lipinski definition) is 3. The van der Waals surface area contributed by atoms with Gasteiger partial charge in [0.15, 0.2) is 0 Å². The molecule has 0 unspecified atom stereocenters. The zero-order valence-corrected chi connectivity index (χ0v) is 11.6. The molecule has 0 radical (unpaired) electrons. The fourth-order valence-corrected chi connectivity index (χ4v) is 1.74. The van der Waals surface area contributed by atoms with Gasteiger partial charge < -0.3 is 15.5 Å². The molecular formula is C14H27NO3. The van der Waals surface area contributed by atoms with Gasteiger partial charge in [0.05, 0.1) is 18.8 Å². The third-order valence-corrected chi connectivity index (χ3v) is 2.81. The van der Waals surface area contributed by atoms with Gasteiger partial charge in [0, 0.05) is 6.92 Å². The highest BCUT2D eigenvalue weighted by Gasteiger charge is 2.15. The Morgan fingerprint density at radius 1 is 1.28 bits per heavy atom. The van der Waals surface area contributed by atoms with Crippen LogP contribution in [0.4, 0.5) is 0 Å². The number of rotatable bonds is 10.